The summed E-state index contributed by atoms with van der Waals surface area (Å²) in [4.78, 5) is 22.8. The number of nitrogens with zero attached hydrogens (tertiary/aromatic N) is 2. The van der Waals surface area contributed by atoms with Crippen LogP contribution in [0.5, 0.6) is 0 Å². The molecule has 0 unspecified atom stereocenters. The summed E-state index contributed by atoms with van der Waals surface area (Å²) >= 11 is 11.2. The van der Waals surface area contributed by atoms with Gasteiger partial charge in [0.15, 0.2) is 0 Å². The Bertz CT molecular complexity index is 663. The van der Waals surface area contributed by atoms with Gasteiger partial charge in [-0.1, -0.05) is 23.7 Å². The number of carbonyl (C=O) groups excluding carboxylic acids is 1. The summed E-state index contributed by atoms with van der Waals surface area (Å²) < 4.78 is 1.08. The lowest BCUT2D eigenvalue weighted by Gasteiger charge is -2.05. The van der Waals surface area contributed by atoms with Crippen molar-refractivity contribution in [3.8, 4) is 11.3 Å². The van der Waals surface area contributed by atoms with Crippen molar-refractivity contribution in [1.82, 2.24) is 9.78 Å². The van der Waals surface area contributed by atoms with Crippen molar-refractivity contribution in [3.63, 3.8) is 0 Å². The average molecular weight is 283 g/mol. The molecule has 0 amide bonds. The van der Waals surface area contributed by atoms with Crippen LogP contribution in [-0.4, -0.2) is 15.0 Å². The van der Waals surface area contributed by atoms with Crippen LogP contribution in [0.15, 0.2) is 35.1 Å². The second-order valence-corrected chi connectivity index (χ2v) is 4.43. The topological polar surface area (TPSA) is 52.0 Å². The molecule has 2 aromatic rings. The van der Waals surface area contributed by atoms with Crippen LogP contribution in [0.3, 0.4) is 0 Å². The smallest absolute Gasteiger partial charge is 0.275 e. The van der Waals surface area contributed by atoms with Crippen LogP contribution in [0.1, 0.15) is 10.4 Å². The van der Waals surface area contributed by atoms with E-state index in [4.69, 9.17) is 23.2 Å². The fraction of sp³-hybridized carbons (Fsp3) is 0.0833. The van der Waals surface area contributed by atoms with Gasteiger partial charge >= 0.3 is 0 Å². The maximum Gasteiger partial charge on any atom is 0.278 e. The Kier molecular flexibility index (Phi) is 3.50. The molecule has 0 aliphatic carbocycles. The van der Waals surface area contributed by atoms with Crippen molar-refractivity contribution in [2.24, 2.45) is 7.05 Å². The molecule has 4 nitrogen and oxygen atoms in total. The van der Waals surface area contributed by atoms with Gasteiger partial charge in [-0.3, -0.25) is 9.59 Å². The highest BCUT2D eigenvalue weighted by Crippen LogP contribution is 2.19. The normalized spacial score (nSPS) is 10.4. The molecular formula is C12H8Cl2N2O2. The molecule has 0 saturated heterocycles. The summed E-state index contributed by atoms with van der Waals surface area (Å²) in [5, 5.41) is 3.86. The Balaban J connectivity index is 2.62. The van der Waals surface area contributed by atoms with Crippen molar-refractivity contribution in [2.45, 2.75) is 0 Å². The van der Waals surface area contributed by atoms with Crippen molar-refractivity contribution in [3.05, 3.63) is 51.3 Å². The van der Waals surface area contributed by atoms with Crippen LogP contribution >= 0.6 is 23.2 Å². The summed E-state index contributed by atoms with van der Waals surface area (Å²) in [7, 11) is 1.46. The van der Waals surface area contributed by atoms with Crippen molar-refractivity contribution < 1.29 is 4.79 Å². The molecule has 1 aromatic carbocycles. The number of halogens is 2. The zero-order chi connectivity index (χ0) is 13.3. The van der Waals surface area contributed by atoms with E-state index in [2.05, 4.69) is 5.10 Å². The molecule has 0 atom stereocenters. The van der Waals surface area contributed by atoms with Gasteiger partial charge in [-0.25, -0.2) is 4.68 Å². The van der Waals surface area contributed by atoms with E-state index < -0.39 is 10.8 Å². The lowest BCUT2D eigenvalue weighted by molar-refractivity contribution is 0.107. The van der Waals surface area contributed by atoms with E-state index in [0.29, 0.717) is 10.7 Å². The number of hydrogen-bond donors (Lipinski definition) is 0. The lowest BCUT2D eigenvalue weighted by atomic mass is 10.1. The third kappa shape index (κ3) is 2.44. The molecular weight excluding hydrogens is 275 g/mol. The first kappa shape index (κ1) is 12.8. The van der Waals surface area contributed by atoms with Gasteiger partial charge in [-0.2, -0.15) is 5.10 Å². The van der Waals surface area contributed by atoms with Gasteiger partial charge in [0.05, 0.1) is 5.69 Å². The molecule has 2 rings (SSSR count). The van der Waals surface area contributed by atoms with Gasteiger partial charge in [0.25, 0.3) is 10.8 Å². The maximum atomic E-state index is 11.6. The molecule has 0 spiro atoms. The first-order valence-electron chi connectivity index (χ1n) is 5.03. The summed E-state index contributed by atoms with van der Waals surface area (Å²) in [6.45, 7) is 0. The summed E-state index contributed by atoms with van der Waals surface area (Å²) in [6, 6.07) is 8.27. The highest BCUT2D eigenvalue weighted by atomic mass is 35.5. The highest BCUT2D eigenvalue weighted by molar-refractivity contribution is 6.67. The minimum Gasteiger partial charge on any atom is -0.275 e. The quantitative estimate of drug-likeness (QED) is 0.795. The number of rotatable bonds is 2. The Morgan fingerprint density at radius 2 is 1.89 bits per heavy atom. The van der Waals surface area contributed by atoms with Gasteiger partial charge in [-0.05, 0) is 29.8 Å². The number of carbonyl (C=O) groups is 1. The van der Waals surface area contributed by atoms with Gasteiger partial charge in [0.1, 0.15) is 5.56 Å². The second kappa shape index (κ2) is 4.92. The zero-order valence-corrected chi connectivity index (χ0v) is 10.9. The summed E-state index contributed by atoms with van der Waals surface area (Å²) in [5.41, 5.74) is 0.610. The molecule has 1 heterocycles. The number of hydrogen-bond acceptors (Lipinski definition) is 3. The average Bonchev–Trinajstić information content (AvgIpc) is 2.33. The number of benzene rings is 1. The van der Waals surface area contributed by atoms with Crippen LogP contribution in [0.4, 0.5) is 0 Å². The van der Waals surface area contributed by atoms with Crippen LogP contribution in [0, 0.1) is 0 Å². The van der Waals surface area contributed by atoms with E-state index in [0.717, 1.165) is 10.2 Å². The zero-order valence-electron chi connectivity index (χ0n) is 9.35. The Morgan fingerprint density at radius 3 is 2.44 bits per heavy atom. The molecule has 0 radical (unpaired) electrons. The van der Waals surface area contributed by atoms with E-state index >= 15 is 0 Å². The molecule has 6 heteroatoms. The van der Waals surface area contributed by atoms with Gasteiger partial charge in [-0.15, -0.1) is 0 Å². The third-order valence-electron chi connectivity index (χ3n) is 2.41. The summed E-state index contributed by atoms with van der Waals surface area (Å²) in [5.74, 6) is 0. The largest absolute Gasteiger partial charge is 0.278 e. The lowest BCUT2D eigenvalue weighted by Crippen LogP contribution is -2.25. The third-order valence-corrected chi connectivity index (χ3v) is 2.87. The van der Waals surface area contributed by atoms with Crippen molar-refractivity contribution in [1.29, 1.82) is 0 Å². The van der Waals surface area contributed by atoms with Crippen LogP contribution < -0.4 is 5.56 Å². The van der Waals surface area contributed by atoms with Gasteiger partial charge in [0.2, 0.25) is 0 Å². The SMILES string of the molecule is Cn1nc(-c2ccc(Cl)cc2)cc(C(=O)Cl)c1=O. The predicted octanol–water partition coefficient (Wildman–Crippen LogP) is 2.48. The molecule has 0 aliphatic heterocycles. The fourth-order valence-electron chi connectivity index (χ4n) is 1.51. The van der Waals surface area contributed by atoms with Crippen LogP contribution in [0.2, 0.25) is 5.02 Å². The second-order valence-electron chi connectivity index (χ2n) is 3.65. The standard InChI is InChI=1S/C12H8Cl2N2O2/c1-16-12(18)9(11(14)17)6-10(15-16)7-2-4-8(13)5-3-7/h2-6H,1H3. The Morgan fingerprint density at radius 1 is 1.28 bits per heavy atom. The molecule has 0 aliphatic rings. The number of aromatic nitrogens is 2. The molecule has 1 aromatic heterocycles. The van der Waals surface area contributed by atoms with E-state index in [-0.39, 0.29) is 5.56 Å². The fourth-order valence-corrected chi connectivity index (χ4v) is 1.77. The minimum absolute atomic E-state index is 0.0980. The van der Waals surface area contributed by atoms with Gasteiger partial charge < -0.3 is 0 Å². The predicted molar refractivity (Wildman–Crippen MR) is 70.1 cm³/mol. The first-order valence-corrected chi connectivity index (χ1v) is 5.79. The molecule has 0 saturated carbocycles. The van der Waals surface area contributed by atoms with E-state index in [1.807, 2.05) is 0 Å². The minimum atomic E-state index is -0.798. The molecule has 92 valence electrons. The van der Waals surface area contributed by atoms with Crippen molar-refractivity contribution >= 4 is 28.4 Å². The van der Waals surface area contributed by atoms with Crippen LogP contribution in [0.25, 0.3) is 11.3 Å². The van der Waals surface area contributed by atoms with Crippen LogP contribution in [-0.2, 0) is 7.05 Å². The highest BCUT2D eigenvalue weighted by Gasteiger charge is 2.12. The van der Waals surface area contributed by atoms with E-state index in [1.54, 1.807) is 24.3 Å². The van der Waals surface area contributed by atoms with Crippen molar-refractivity contribution in [2.75, 3.05) is 0 Å². The monoisotopic (exact) mass is 282 g/mol. The van der Waals surface area contributed by atoms with E-state index in [1.165, 1.54) is 13.1 Å². The molecule has 0 bridgehead atoms. The number of aryl methyl sites for hydroxylation is 1. The Hall–Kier alpha value is -1.65. The van der Waals surface area contributed by atoms with E-state index in [9.17, 15) is 9.59 Å². The molecule has 0 fully saturated rings. The molecule has 18 heavy (non-hydrogen) atoms. The van der Waals surface area contributed by atoms with Gasteiger partial charge in [0, 0.05) is 17.6 Å². The maximum absolute atomic E-state index is 11.6. The Labute approximate surface area is 113 Å². The first-order chi connectivity index (χ1) is 8.49. The summed E-state index contributed by atoms with van der Waals surface area (Å²) in [6.07, 6.45) is 0. The molecule has 0 N–H and O–H groups in total.